The van der Waals surface area contributed by atoms with E-state index in [4.69, 9.17) is 0 Å². The minimum Gasteiger partial charge on any atom is -0.428 e. The first-order valence-electron chi connectivity index (χ1n) is 16.2. The van der Waals surface area contributed by atoms with E-state index in [-0.39, 0.29) is 37.7 Å². The van der Waals surface area contributed by atoms with Crippen LogP contribution in [0.3, 0.4) is 0 Å². The molecule has 4 aromatic carbocycles. The van der Waals surface area contributed by atoms with Crippen molar-refractivity contribution in [3.05, 3.63) is 108 Å². The van der Waals surface area contributed by atoms with E-state index >= 15 is 0 Å². The Balaban J connectivity index is 0.000000216. The van der Waals surface area contributed by atoms with E-state index in [0.29, 0.717) is 33.7 Å². The monoisotopic (exact) mass is 720 g/mol. The third-order valence-electron chi connectivity index (χ3n) is 7.69. The SMILES string of the molecule is CC(C)CN(C)c1ccccc1CS(=O)c1nc2ccccc2[n-]1.CC(C)CN(C)c1ccccc1CS(=O)c1nc2ccccc2[n-]1.[Ca+2]. The molecule has 49 heavy (non-hydrogen) atoms. The van der Waals surface area contributed by atoms with Crippen molar-refractivity contribution in [2.75, 3.05) is 37.0 Å². The average Bonchev–Trinajstić information content (AvgIpc) is 3.70. The Morgan fingerprint density at radius 1 is 0.571 bits per heavy atom. The zero-order valence-electron chi connectivity index (χ0n) is 29.2. The first-order valence-corrected chi connectivity index (χ1v) is 18.9. The molecule has 0 aliphatic rings. The summed E-state index contributed by atoms with van der Waals surface area (Å²) in [6.07, 6.45) is 0. The van der Waals surface area contributed by atoms with Crippen LogP contribution in [-0.2, 0) is 33.1 Å². The first-order chi connectivity index (χ1) is 23.1. The quantitative estimate of drug-likeness (QED) is 0.128. The van der Waals surface area contributed by atoms with Gasteiger partial charge in [-0.2, -0.15) is 0 Å². The summed E-state index contributed by atoms with van der Waals surface area (Å²) in [5, 5.41) is 0.829. The molecule has 2 heterocycles. The fraction of sp³-hybridized carbons (Fsp3) is 0.316. The summed E-state index contributed by atoms with van der Waals surface area (Å²) in [4.78, 5) is 22.1. The van der Waals surface area contributed by atoms with Crippen LogP contribution in [0.1, 0.15) is 38.8 Å². The standard InChI is InChI=1S/2C19H22N3OS.Ca/c2*1-14(2)12-22(3)18-11-7-4-8-15(18)13-24(23)19-20-16-9-5-6-10-17(16)21-19;/h2*4-11,14H,12-13H2,1-3H3;/q2*-1;+2. The molecule has 2 atom stereocenters. The number of rotatable bonds is 12. The molecule has 0 amide bonds. The maximum Gasteiger partial charge on any atom is 2.00 e. The maximum atomic E-state index is 12.7. The molecule has 2 unspecified atom stereocenters. The smallest absolute Gasteiger partial charge is 0.428 e. The van der Waals surface area contributed by atoms with Crippen LogP contribution in [0.15, 0.2) is 107 Å². The second kappa shape index (κ2) is 18.3. The van der Waals surface area contributed by atoms with Crippen LogP contribution < -0.4 is 19.8 Å². The number of fused-ring (bicyclic) bond motifs is 2. The van der Waals surface area contributed by atoms with Gasteiger partial charge in [-0.3, -0.25) is 8.42 Å². The predicted octanol–water partition coefficient (Wildman–Crippen LogP) is 6.80. The van der Waals surface area contributed by atoms with Gasteiger partial charge in [0.15, 0.2) is 0 Å². The van der Waals surface area contributed by atoms with Crippen molar-refractivity contribution in [3.8, 4) is 0 Å². The summed E-state index contributed by atoms with van der Waals surface area (Å²) in [5.41, 5.74) is 7.56. The largest absolute Gasteiger partial charge is 2.00 e. The number of nitrogens with zero attached hydrogens (tertiary/aromatic N) is 6. The van der Waals surface area contributed by atoms with Crippen molar-refractivity contribution in [1.29, 1.82) is 0 Å². The molecule has 0 bridgehead atoms. The summed E-state index contributed by atoms with van der Waals surface area (Å²) in [6.45, 7) is 10.7. The molecule has 0 aliphatic carbocycles. The predicted molar refractivity (Wildman–Crippen MR) is 205 cm³/mol. The number of para-hydroxylation sites is 6. The van der Waals surface area contributed by atoms with Crippen LogP contribution in [0.4, 0.5) is 11.4 Å². The van der Waals surface area contributed by atoms with Crippen LogP contribution in [0.25, 0.3) is 22.1 Å². The Morgan fingerprint density at radius 3 is 1.29 bits per heavy atom. The maximum absolute atomic E-state index is 12.7. The number of hydrogen-bond donors (Lipinski definition) is 0. The zero-order valence-corrected chi connectivity index (χ0v) is 33.1. The zero-order chi connectivity index (χ0) is 34.2. The van der Waals surface area contributed by atoms with Gasteiger partial charge in [0.2, 0.25) is 0 Å². The first kappa shape index (κ1) is 38.8. The van der Waals surface area contributed by atoms with Gasteiger partial charge >= 0.3 is 37.7 Å². The van der Waals surface area contributed by atoms with E-state index in [2.05, 4.69) is 83.7 Å². The summed E-state index contributed by atoms with van der Waals surface area (Å²) in [7, 11) is 1.65. The number of imidazole rings is 2. The van der Waals surface area contributed by atoms with E-state index < -0.39 is 21.6 Å². The molecule has 0 aliphatic heterocycles. The Kier molecular flexibility index (Phi) is 14.5. The molecule has 8 nitrogen and oxygen atoms in total. The van der Waals surface area contributed by atoms with Gasteiger partial charge in [0.1, 0.15) is 0 Å². The van der Waals surface area contributed by atoms with Gasteiger partial charge in [-0.05, 0) is 57.2 Å². The van der Waals surface area contributed by atoms with E-state index in [0.717, 1.165) is 57.7 Å². The molecular formula is C38H44CaN6O2S2. The molecule has 0 fully saturated rings. The van der Waals surface area contributed by atoms with Gasteiger partial charge in [-0.15, -0.1) is 0 Å². The van der Waals surface area contributed by atoms with Gasteiger partial charge in [0.05, 0.1) is 11.5 Å². The van der Waals surface area contributed by atoms with Crippen molar-refractivity contribution >= 4 is 92.8 Å². The van der Waals surface area contributed by atoms with Gasteiger partial charge in [0.25, 0.3) is 0 Å². The summed E-state index contributed by atoms with van der Waals surface area (Å²) in [5.74, 6) is 1.98. The fourth-order valence-corrected chi connectivity index (χ4v) is 7.80. The Bertz CT molecular complexity index is 1800. The van der Waals surface area contributed by atoms with Gasteiger partial charge in [0, 0.05) is 70.5 Å². The average molecular weight is 721 g/mol. The third kappa shape index (κ3) is 10.5. The molecule has 0 saturated carbocycles. The molecule has 6 aromatic rings. The number of benzene rings is 4. The molecule has 0 saturated heterocycles. The molecule has 0 radical (unpaired) electrons. The van der Waals surface area contributed by atoms with Gasteiger partial charge in [-0.25, -0.2) is 0 Å². The van der Waals surface area contributed by atoms with Crippen molar-refractivity contribution in [2.24, 2.45) is 11.8 Å². The molecule has 0 N–H and O–H groups in total. The van der Waals surface area contributed by atoms with E-state index in [1.807, 2.05) is 84.9 Å². The summed E-state index contributed by atoms with van der Waals surface area (Å²) >= 11 is 0. The molecule has 252 valence electrons. The molecule has 2 aromatic heterocycles. The number of hydrogen-bond acceptors (Lipinski definition) is 6. The third-order valence-corrected chi connectivity index (χ3v) is 10.0. The van der Waals surface area contributed by atoms with Crippen molar-refractivity contribution in [1.82, 2.24) is 19.9 Å². The Hall–Kier alpha value is -3.02. The van der Waals surface area contributed by atoms with Crippen LogP contribution in [0.2, 0.25) is 0 Å². The van der Waals surface area contributed by atoms with Crippen molar-refractivity contribution in [3.63, 3.8) is 0 Å². The molecular weight excluding hydrogens is 677 g/mol. The molecule has 6 rings (SSSR count). The van der Waals surface area contributed by atoms with Crippen molar-refractivity contribution in [2.45, 2.75) is 49.5 Å². The van der Waals surface area contributed by atoms with E-state index in [1.165, 1.54) is 0 Å². The van der Waals surface area contributed by atoms with Crippen LogP contribution in [-0.4, -0.2) is 83.3 Å². The minimum absolute atomic E-state index is 0. The number of anilines is 2. The van der Waals surface area contributed by atoms with Crippen LogP contribution in [0, 0.1) is 11.8 Å². The van der Waals surface area contributed by atoms with Gasteiger partial charge in [-0.1, -0.05) is 113 Å². The Labute approximate surface area is 325 Å². The normalized spacial score (nSPS) is 12.4. The van der Waals surface area contributed by atoms with E-state index in [9.17, 15) is 8.42 Å². The topological polar surface area (TPSA) is 94.6 Å². The van der Waals surface area contributed by atoms with Crippen LogP contribution >= 0.6 is 0 Å². The van der Waals surface area contributed by atoms with Crippen molar-refractivity contribution < 1.29 is 8.42 Å². The second-order valence-electron chi connectivity index (χ2n) is 12.8. The Morgan fingerprint density at radius 2 is 0.918 bits per heavy atom. The molecule has 11 heteroatoms. The molecule has 0 spiro atoms. The summed E-state index contributed by atoms with van der Waals surface area (Å²) < 4.78 is 25.5. The van der Waals surface area contributed by atoms with E-state index in [1.54, 1.807) is 0 Å². The number of aromatic nitrogens is 4. The fourth-order valence-electron chi connectivity index (χ4n) is 5.69. The summed E-state index contributed by atoms with van der Waals surface area (Å²) in [6, 6.07) is 31.5. The van der Waals surface area contributed by atoms with Crippen LogP contribution in [0.5, 0.6) is 0 Å². The van der Waals surface area contributed by atoms with Gasteiger partial charge < -0.3 is 29.7 Å². The minimum atomic E-state index is -1.26. The second-order valence-corrected chi connectivity index (χ2v) is 15.5.